The quantitative estimate of drug-likeness (QED) is 0.588. The van der Waals surface area contributed by atoms with Gasteiger partial charge in [0.25, 0.3) is 0 Å². The van der Waals surface area contributed by atoms with Crippen LogP contribution in [0.2, 0.25) is 5.15 Å². The molecule has 0 unspecified atom stereocenters. The van der Waals surface area contributed by atoms with E-state index in [4.69, 9.17) is 11.6 Å². The number of hydrogen-bond donors (Lipinski definition) is 0. The number of nitrogens with zero attached hydrogens (tertiary/aromatic N) is 1. The van der Waals surface area contributed by atoms with Crippen LogP contribution >= 0.6 is 11.6 Å². The fourth-order valence-electron chi connectivity index (χ4n) is 1.23. The standard InChI is InChI=1S/C10H7ClFN/c1-6-4-7-2-3-10(11)13-9(7)5-8(6)12/h2-5H,1H3. The molecule has 0 saturated carbocycles. The molecule has 0 N–H and O–H groups in total. The van der Waals surface area contributed by atoms with Crippen molar-refractivity contribution in [2.45, 2.75) is 6.92 Å². The van der Waals surface area contributed by atoms with Crippen LogP contribution in [0.25, 0.3) is 10.9 Å². The number of aromatic nitrogens is 1. The first-order valence-corrected chi connectivity index (χ1v) is 4.27. The van der Waals surface area contributed by atoms with Gasteiger partial charge in [0, 0.05) is 11.5 Å². The Balaban J connectivity index is 2.81. The third-order valence-corrected chi connectivity index (χ3v) is 2.15. The van der Waals surface area contributed by atoms with Crippen LogP contribution < -0.4 is 0 Å². The number of hydrogen-bond acceptors (Lipinski definition) is 1. The van der Waals surface area contributed by atoms with Crippen molar-refractivity contribution in [1.29, 1.82) is 0 Å². The van der Waals surface area contributed by atoms with E-state index in [1.165, 1.54) is 6.07 Å². The second-order valence-corrected chi connectivity index (χ2v) is 3.32. The van der Waals surface area contributed by atoms with Crippen molar-refractivity contribution >= 4 is 22.5 Å². The zero-order chi connectivity index (χ0) is 9.42. The van der Waals surface area contributed by atoms with Crippen LogP contribution in [0.3, 0.4) is 0 Å². The van der Waals surface area contributed by atoms with E-state index in [1.807, 2.05) is 6.07 Å². The lowest BCUT2D eigenvalue weighted by Gasteiger charge is -2.00. The molecule has 1 aromatic carbocycles. The largest absolute Gasteiger partial charge is 0.236 e. The molecule has 0 aliphatic heterocycles. The van der Waals surface area contributed by atoms with Crippen molar-refractivity contribution in [2.24, 2.45) is 0 Å². The number of fused-ring (bicyclic) bond motifs is 1. The molecule has 0 spiro atoms. The molecule has 66 valence electrons. The van der Waals surface area contributed by atoms with E-state index >= 15 is 0 Å². The molecule has 0 radical (unpaired) electrons. The van der Waals surface area contributed by atoms with Crippen LogP contribution in [0.4, 0.5) is 4.39 Å². The summed E-state index contributed by atoms with van der Waals surface area (Å²) in [5.74, 6) is -0.248. The van der Waals surface area contributed by atoms with Crippen molar-refractivity contribution in [1.82, 2.24) is 4.98 Å². The van der Waals surface area contributed by atoms with Crippen LogP contribution in [-0.2, 0) is 0 Å². The van der Waals surface area contributed by atoms with Crippen LogP contribution in [0.1, 0.15) is 5.56 Å². The maximum absolute atomic E-state index is 13.1. The maximum Gasteiger partial charge on any atom is 0.129 e. The van der Waals surface area contributed by atoms with Gasteiger partial charge in [0.15, 0.2) is 0 Å². The fraction of sp³-hybridized carbons (Fsp3) is 0.100. The molecule has 3 heteroatoms. The molecule has 0 fully saturated rings. The summed E-state index contributed by atoms with van der Waals surface area (Å²) in [7, 11) is 0. The van der Waals surface area contributed by atoms with Gasteiger partial charge in [-0.1, -0.05) is 11.6 Å². The van der Waals surface area contributed by atoms with Gasteiger partial charge in [-0.15, -0.1) is 0 Å². The lowest BCUT2D eigenvalue weighted by Crippen LogP contribution is -1.85. The molecule has 0 amide bonds. The predicted molar refractivity (Wildman–Crippen MR) is 51.4 cm³/mol. The van der Waals surface area contributed by atoms with Gasteiger partial charge in [-0.05, 0) is 30.7 Å². The number of aryl methyl sites for hydroxylation is 1. The SMILES string of the molecule is Cc1cc2ccc(Cl)nc2cc1F. The van der Waals surface area contributed by atoms with Crippen LogP contribution in [-0.4, -0.2) is 4.98 Å². The molecule has 0 aliphatic rings. The molecule has 1 heterocycles. The molecule has 0 atom stereocenters. The minimum atomic E-state index is -0.248. The smallest absolute Gasteiger partial charge is 0.129 e. The zero-order valence-corrected chi connectivity index (χ0v) is 7.77. The lowest BCUT2D eigenvalue weighted by molar-refractivity contribution is 0.620. The monoisotopic (exact) mass is 195 g/mol. The van der Waals surface area contributed by atoms with Gasteiger partial charge < -0.3 is 0 Å². The van der Waals surface area contributed by atoms with Crippen molar-refractivity contribution < 1.29 is 4.39 Å². The molecule has 1 aromatic heterocycles. The highest BCUT2D eigenvalue weighted by molar-refractivity contribution is 6.29. The van der Waals surface area contributed by atoms with E-state index in [9.17, 15) is 4.39 Å². The molecule has 13 heavy (non-hydrogen) atoms. The van der Waals surface area contributed by atoms with Crippen molar-refractivity contribution in [3.05, 3.63) is 40.8 Å². The summed E-state index contributed by atoms with van der Waals surface area (Å²) >= 11 is 5.68. The fourth-order valence-corrected chi connectivity index (χ4v) is 1.39. The molecule has 1 nitrogen and oxygen atoms in total. The Morgan fingerprint density at radius 2 is 2.08 bits per heavy atom. The number of halogens is 2. The molecule has 2 aromatic rings. The lowest BCUT2D eigenvalue weighted by atomic mass is 10.1. The summed E-state index contributed by atoms with van der Waals surface area (Å²) < 4.78 is 13.1. The van der Waals surface area contributed by atoms with E-state index < -0.39 is 0 Å². The van der Waals surface area contributed by atoms with Crippen LogP contribution in [0, 0.1) is 12.7 Å². The molecule has 0 saturated heterocycles. The first-order chi connectivity index (χ1) is 6.16. The Hall–Kier alpha value is -1.15. The van der Waals surface area contributed by atoms with Crippen molar-refractivity contribution in [2.75, 3.05) is 0 Å². The van der Waals surface area contributed by atoms with Gasteiger partial charge in [0.05, 0.1) is 5.52 Å². The average Bonchev–Trinajstić information content (AvgIpc) is 2.08. The van der Waals surface area contributed by atoms with Gasteiger partial charge in [-0.3, -0.25) is 0 Å². The topological polar surface area (TPSA) is 12.9 Å². The minimum Gasteiger partial charge on any atom is -0.236 e. The summed E-state index contributed by atoms with van der Waals surface area (Å²) in [6, 6.07) is 6.68. The predicted octanol–water partition coefficient (Wildman–Crippen LogP) is 3.34. The normalized spacial score (nSPS) is 10.7. The van der Waals surface area contributed by atoms with E-state index in [1.54, 1.807) is 19.1 Å². The third kappa shape index (κ3) is 1.49. The first-order valence-electron chi connectivity index (χ1n) is 3.89. The summed E-state index contributed by atoms with van der Waals surface area (Å²) in [5, 5.41) is 1.29. The molecule has 0 aliphatic carbocycles. The summed E-state index contributed by atoms with van der Waals surface area (Å²) in [4.78, 5) is 4.00. The highest BCUT2D eigenvalue weighted by atomic mass is 35.5. The van der Waals surface area contributed by atoms with Crippen molar-refractivity contribution in [3.8, 4) is 0 Å². The second kappa shape index (κ2) is 2.96. The Labute approximate surface area is 80.2 Å². The Bertz CT molecular complexity index is 468. The Morgan fingerprint density at radius 1 is 1.31 bits per heavy atom. The van der Waals surface area contributed by atoms with Crippen LogP contribution in [0.15, 0.2) is 24.3 Å². The van der Waals surface area contributed by atoms with Gasteiger partial charge in [-0.25, -0.2) is 9.37 Å². The molecule has 2 rings (SSSR count). The van der Waals surface area contributed by atoms with E-state index in [2.05, 4.69) is 4.98 Å². The highest BCUT2D eigenvalue weighted by Gasteiger charge is 2.01. The number of rotatable bonds is 0. The highest BCUT2D eigenvalue weighted by Crippen LogP contribution is 2.18. The molecular formula is C10H7ClFN. The van der Waals surface area contributed by atoms with Crippen molar-refractivity contribution in [3.63, 3.8) is 0 Å². The molecular weight excluding hydrogens is 189 g/mol. The van der Waals surface area contributed by atoms with E-state index in [0.29, 0.717) is 16.2 Å². The summed E-state index contributed by atoms with van der Waals surface area (Å²) in [5.41, 5.74) is 1.22. The Kier molecular flexibility index (Phi) is 1.93. The van der Waals surface area contributed by atoms with Gasteiger partial charge in [0.1, 0.15) is 11.0 Å². The molecule has 0 bridgehead atoms. The average molecular weight is 196 g/mol. The summed E-state index contributed by atoms with van der Waals surface area (Å²) in [6.07, 6.45) is 0. The third-order valence-electron chi connectivity index (χ3n) is 1.94. The first kappa shape index (κ1) is 8.45. The number of pyridine rings is 1. The van der Waals surface area contributed by atoms with Gasteiger partial charge in [0.2, 0.25) is 0 Å². The second-order valence-electron chi connectivity index (χ2n) is 2.93. The van der Waals surface area contributed by atoms with Crippen LogP contribution in [0.5, 0.6) is 0 Å². The van der Waals surface area contributed by atoms with E-state index in [-0.39, 0.29) is 5.82 Å². The van der Waals surface area contributed by atoms with Gasteiger partial charge in [-0.2, -0.15) is 0 Å². The van der Waals surface area contributed by atoms with Gasteiger partial charge >= 0.3 is 0 Å². The number of benzene rings is 1. The zero-order valence-electron chi connectivity index (χ0n) is 7.01. The minimum absolute atomic E-state index is 0.248. The Morgan fingerprint density at radius 3 is 2.85 bits per heavy atom. The van der Waals surface area contributed by atoms with E-state index in [0.717, 1.165) is 5.39 Å². The maximum atomic E-state index is 13.1. The summed E-state index contributed by atoms with van der Waals surface area (Å²) in [6.45, 7) is 1.73.